The molecule has 0 fully saturated rings. The van der Waals surface area contributed by atoms with Gasteiger partial charge < -0.3 is 9.84 Å². The van der Waals surface area contributed by atoms with Gasteiger partial charge in [-0.15, -0.1) is 0 Å². The van der Waals surface area contributed by atoms with E-state index in [1.807, 2.05) is 13.8 Å². The first-order chi connectivity index (χ1) is 8.59. The van der Waals surface area contributed by atoms with Gasteiger partial charge in [0.05, 0.1) is 5.69 Å². The molecule has 0 aliphatic heterocycles. The molecule has 0 amide bonds. The van der Waals surface area contributed by atoms with E-state index in [4.69, 9.17) is 4.52 Å². The first-order valence-corrected chi connectivity index (χ1v) is 7.22. The fourth-order valence-corrected chi connectivity index (χ4v) is 3.04. The summed E-state index contributed by atoms with van der Waals surface area (Å²) in [5, 5.41) is 11.9. The zero-order valence-corrected chi connectivity index (χ0v) is 12.2. The van der Waals surface area contributed by atoms with Crippen molar-refractivity contribution in [1.29, 1.82) is 0 Å². The molecule has 0 bridgehead atoms. The molecule has 0 saturated carbocycles. The third-order valence-corrected chi connectivity index (χ3v) is 4.06. The monoisotopic (exact) mass is 264 g/mol. The Morgan fingerprint density at radius 3 is 2.72 bits per heavy atom. The Kier molecular flexibility index (Phi) is 4.19. The second-order valence-electron chi connectivity index (χ2n) is 4.83. The minimum absolute atomic E-state index is 0.388. The molecule has 2 heterocycles. The third-order valence-electron chi connectivity index (χ3n) is 3.35. The normalized spacial score (nSPS) is 14.7. The number of aromatic nitrogens is 1. The molecule has 0 radical (unpaired) electrons. The van der Waals surface area contributed by atoms with Crippen LogP contribution in [-0.4, -0.2) is 11.7 Å². The molecule has 0 aliphatic rings. The van der Waals surface area contributed by atoms with E-state index in [2.05, 4.69) is 41.1 Å². The van der Waals surface area contributed by atoms with Crippen LogP contribution in [0.5, 0.6) is 0 Å². The standard InChI is InChI=1S/C14H20N2OS/c1-9(14-11(3)16-17-12(14)4)7-15-10(2)13-5-6-18-8-13/h5-6,8-10,15H,7H2,1-4H3. The smallest absolute Gasteiger partial charge is 0.137 e. The van der Waals surface area contributed by atoms with Gasteiger partial charge in [0.2, 0.25) is 0 Å². The molecule has 3 nitrogen and oxygen atoms in total. The maximum atomic E-state index is 5.22. The lowest BCUT2D eigenvalue weighted by molar-refractivity contribution is 0.391. The predicted octanol–water partition coefficient (Wildman–Crippen LogP) is 3.81. The molecule has 2 atom stereocenters. The molecule has 2 aromatic heterocycles. The van der Waals surface area contributed by atoms with E-state index in [1.54, 1.807) is 11.3 Å². The highest BCUT2D eigenvalue weighted by atomic mass is 32.1. The van der Waals surface area contributed by atoms with Crippen LogP contribution in [0.2, 0.25) is 0 Å². The molecule has 1 N–H and O–H groups in total. The summed E-state index contributed by atoms with van der Waals surface area (Å²) in [6.45, 7) is 9.32. The molecule has 2 unspecified atom stereocenters. The van der Waals surface area contributed by atoms with Crippen LogP contribution in [0.3, 0.4) is 0 Å². The second kappa shape index (κ2) is 5.67. The number of nitrogens with zero attached hydrogens (tertiary/aromatic N) is 1. The van der Waals surface area contributed by atoms with Crippen LogP contribution in [0, 0.1) is 13.8 Å². The number of hydrogen-bond donors (Lipinski definition) is 1. The van der Waals surface area contributed by atoms with Crippen molar-refractivity contribution in [1.82, 2.24) is 10.5 Å². The molecule has 98 valence electrons. The second-order valence-corrected chi connectivity index (χ2v) is 5.61. The van der Waals surface area contributed by atoms with E-state index in [-0.39, 0.29) is 0 Å². The molecule has 18 heavy (non-hydrogen) atoms. The SMILES string of the molecule is Cc1noc(C)c1C(C)CNC(C)c1ccsc1. The largest absolute Gasteiger partial charge is 0.361 e. The van der Waals surface area contributed by atoms with E-state index in [0.29, 0.717) is 12.0 Å². The fraction of sp³-hybridized carbons (Fsp3) is 0.500. The maximum absolute atomic E-state index is 5.22. The highest BCUT2D eigenvalue weighted by molar-refractivity contribution is 7.07. The number of thiophene rings is 1. The van der Waals surface area contributed by atoms with E-state index in [0.717, 1.165) is 18.0 Å². The molecule has 4 heteroatoms. The van der Waals surface area contributed by atoms with Crippen molar-refractivity contribution in [3.8, 4) is 0 Å². The van der Waals surface area contributed by atoms with Gasteiger partial charge in [-0.1, -0.05) is 12.1 Å². The first-order valence-electron chi connectivity index (χ1n) is 6.27. The van der Waals surface area contributed by atoms with Crippen LogP contribution < -0.4 is 5.32 Å². The third kappa shape index (κ3) is 2.82. The number of aryl methyl sites for hydroxylation is 2. The topological polar surface area (TPSA) is 38.1 Å². The van der Waals surface area contributed by atoms with Gasteiger partial charge in [-0.05, 0) is 49.1 Å². The van der Waals surface area contributed by atoms with Gasteiger partial charge in [0.25, 0.3) is 0 Å². The van der Waals surface area contributed by atoms with Gasteiger partial charge >= 0.3 is 0 Å². The van der Waals surface area contributed by atoms with Crippen molar-refractivity contribution in [2.24, 2.45) is 0 Å². The minimum Gasteiger partial charge on any atom is -0.361 e. The Bertz CT molecular complexity index is 470. The Hall–Kier alpha value is -1.13. The average Bonchev–Trinajstić information content (AvgIpc) is 2.96. The summed E-state index contributed by atoms with van der Waals surface area (Å²) in [7, 11) is 0. The first kappa shape index (κ1) is 13.3. The van der Waals surface area contributed by atoms with Crippen molar-refractivity contribution >= 4 is 11.3 Å². The van der Waals surface area contributed by atoms with E-state index in [9.17, 15) is 0 Å². The summed E-state index contributed by atoms with van der Waals surface area (Å²) in [5.41, 5.74) is 3.59. The van der Waals surface area contributed by atoms with Crippen molar-refractivity contribution < 1.29 is 4.52 Å². The molecule has 0 saturated heterocycles. The zero-order chi connectivity index (χ0) is 13.1. The van der Waals surface area contributed by atoms with Crippen LogP contribution in [-0.2, 0) is 0 Å². The Morgan fingerprint density at radius 2 is 2.17 bits per heavy atom. The number of rotatable bonds is 5. The van der Waals surface area contributed by atoms with Crippen molar-refractivity contribution in [2.75, 3.05) is 6.54 Å². The summed E-state index contributed by atoms with van der Waals surface area (Å²) >= 11 is 1.74. The minimum atomic E-state index is 0.388. The quantitative estimate of drug-likeness (QED) is 0.892. The summed E-state index contributed by atoms with van der Waals surface area (Å²) in [5.74, 6) is 1.35. The van der Waals surface area contributed by atoms with Crippen LogP contribution in [0.15, 0.2) is 21.3 Å². The maximum Gasteiger partial charge on any atom is 0.137 e. The van der Waals surface area contributed by atoms with Gasteiger partial charge in [-0.3, -0.25) is 0 Å². The molecular formula is C14H20N2OS. The highest BCUT2D eigenvalue weighted by Gasteiger charge is 2.17. The predicted molar refractivity (Wildman–Crippen MR) is 75.1 cm³/mol. The average molecular weight is 264 g/mol. The fourth-order valence-electron chi connectivity index (χ4n) is 2.29. The summed E-state index contributed by atoms with van der Waals surface area (Å²) in [6, 6.07) is 2.56. The van der Waals surface area contributed by atoms with Crippen molar-refractivity contribution in [3.05, 3.63) is 39.4 Å². The van der Waals surface area contributed by atoms with Gasteiger partial charge in [0.15, 0.2) is 0 Å². The number of hydrogen-bond acceptors (Lipinski definition) is 4. The van der Waals surface area contributed by atoms with E-state index < -0.39 is 0 Å². The van der Waals surface area contributed by atoms with Crippen LogP contribution >= 0.6 is 11.3 Å². The molecule has 2 aromatic rings. The van der Waals surface area contributed by atoms with Crippen LogP contribution in [0.1, 0.15) is 48.4 Å². The summed E-state index contributed by atoms with van der Waals surface area (Å²) < 4.78 is 5.22. The van der Waals surface area contributed by atoms with Crippen molar-refractivity contribution in [2.45, 2.75) is 39.7 Å². The van der Waals surface area contributed by atoms with Crippen LogP contribution in [0.4, 0.5) is 0 Å². The molecular weight excluding hydrogens is 244 g/mol. The molecule has 0 spiro atoms. The summed E-state index contributed by atoms with van der Waals surface area (Å²) in [6.07, 6.45) is 0. The van der Waals surface area contributed by atoms with Gasteiger partial charge in [-0.2, -0.15) is 11.3 Å². The summed E-state index contributed by atoms with van der Waals surface area (Å²) in [4.78, 5) is 0. The lowest BCUT2D eigenvalue weighted by Crippen LogP contribution is -2.23. The Balaban J connectivity index is 1.95. The lowest BCUT2D eigenvalue weighted by Gasteiger charge is -2.17. The van der Waals surface area contributed by atoms with Gasteiger partial charge in [0.1, 0.15) is 5.76 Å². The lowest BCUT2D eigenvalue weighted by atomic mass is 9.99. The highest BCUT2D eigenvalue weighted by Crippen LogP contribution is 2.23. The Morgan fingerprint density at radius 1 is 1.39 bits per heavy atom. The Labute approximate surface area is 112 Å². The van der Waals surface area contributed by atoms with E-state index >= 15 is 0 Å². The molecule has 0 aromatic carbocycles. The van der Waals surface area contributed by atoms with Gasteiger partial charge in [0, 0.05) is 18.2 Å². The van der Waals surface area contributed by atoms with Crippen molar-refractivity contribution in [3.63, 3.8) is 0 Å². The zero-order valence-electron chi connectivity index (χ0n) is 11.4. The van der Waals surface area contributed by atoms with E-state index in [1.165, 1.54) is 11.1 Å². The molecule has 0 aliphatic carbocycles. The van der Waals surface area contributed by atoms with Gasteiger partial charge in [-0.25, -0.2) is 0 Å². The van der Waals surface area contributed by atoms with Crippen LogP contribution in [0.25, 0.3) is 0 Å². The molecule has 2 rings (SSSR count). The number of nitrogens with one attached hydrogen (secondary N) is 1.